The fourth-order valence-electron chi connectivity index (χ4n) is 1.14. The molecule has 0 aromatic heterocycles. The summed E-state index contributed by atoms with van der Waals surface area (Å²) in [4.78, 5) is -0.106. The molecule has 0 fully saturated rings. The van der Waals surface area contributed by atoms with Gasteiger partial charge in [-0.1, -0.05) is 13.0 Å². The topological polar surface area (TPSA) is 66.4 Å². The normalized spacial score (nSPS) is 13.6. The van der Waals surface area contributed by atoms with Crippen molar-refractivity contribution in [1.82, 2.24) is 4.72 Å². The summed E-state index contributed by atoms with van der Waals surface area (Å²) in [6.45, 7) is 3.28. The first-order valence-corrected chi connectivity index (χ1v) is 6.72. The summed E-state index contributed by atoms with van der Waals surface area (Å²) in [7, 11) is -3.71. The lowest BCUT2D eigenvalue weighted by Gasteiger charge is -2.10. The van der Waals surface area contributed by atoms with E-state index in [9.17, 15) is 12.8 Å². The maximum atomic E-state index is 13.2. The maximum absolute atomic E-state index is 13.2. The third-order valence-corrected chi connectivity index (χ3v) is 3.81. The minimum absolute atomic E-state index is 0.106. The molecule has 0 aliphatic carbocycles. The number of aliphatic hydroxyl groups excluding tert-OH is 1. The van der Waals surface area contributed by atoms with Crippen molar-refractivity contribution < 1.29 is 17.9 Å². The van der Waals surface area contributed by atoms with Gasteiger partial charge in [0.05, 0.1) is 4.90 Å². The van der Waals surface area contributed by atoms with Crippen molar-refractivity contribution in [1.29, 1.82) is 0 Å². The van der Waals surface area contributed by atoms with Crippen LogP contribution in [0.25, 0.3) is 0 Å². The van der Waals surface area contributed by atoms with Gasteiger partial charge in [0.1, 0.15) is 5.82 Å². The number of hydrogen-bond acceptors (Lipinski definition) is 3. The molecular formula is C11H16FNO3S. The highest BCUT2D eigenvalue weighted by Crippen LogP contribution is 2.14. The van der Waals surface area contributed by atoms with Gasteiger partial charge in [0.25, 0.3) is 0 Å². The molecule has 0 aliphatic heterocycles. The quantitative estimate of drug-likeness (QED) is 0.832. The van der Waals surface area contributed by atoms with Crippen LogP contribution in [0, 0.1) is 18.7 Å². The first-order chi connectivity index (χ1) is 7.86. The van der Waals surface area contributed by atoms with Crippen LogP contribution in [0.15, 0.2) is 23.1 Å². The fourth-order valence-corrected chi connectivity index (χ4v) is 2.32. The smallest absolute Gasteiger partial charge is 0.240 e. The van der Waals surface area contributed by atoms with Gasteiger partial charge < -0.3 is 5.11 Å². The van der Waals surface area contributed by atoms with E-state index < -0.39 is 15.8 Å². The molecule has 2 N–H and O–H groups in total. The van der Waals surface area contributed by atoms with Gasteiger partial charge in [-0.25, -0.2) is 17.5 Å². The Morgan fingerprint density at radius 1 is 1.47 bits per heavy atom. The molecule has 1 aromatic carbocycles. The summed E-state index contributed by atoms with van der Waals surface area (Å²) in [5.74, 6) is -0.733. The van der Waals surface area contributed by atoms with E-state index in [2.05, 4.69) is 4.72 Å². The zero-order valence-electron chi connectivity index (χ0n) is 9.77. The van der Waals surface area contributed by atoms with Crippen LogP contribution in [0.3, 0.4) is 0 Å². The van der Waals surface area contributed by atoms with Crippen molar-refractivity contribution in [2.75, 3.05) is 13.2 Å². The summed E-state index contributed by atoms with van der Waals surface area (Å²) in [6, 6.07) is 3.75. The number of aliphatic hydroxyl groups is 1. The molecule has 4 nitrogen and oxygen atoms in total. The monoisotopic (exact) mass is 261 g/mol. The average Bonchev–Trinajstić information content (AvgIpc) is 2.29. The summed E-state index contributed by atoms with van der Waals surface area (Å²) >= 11 is 0. The highest BCUT2D eigenvalue weighted by atomic mass is 32.2. The minimum atomic E-state index is -3.71. The second kappa shape index (κ2) is 5.57. The van der Waals surface area contributed by atoms with Crippen LogP contribution in [0.2, 0.25) is 0 Å². The standard InChI is InChI=1S/C11H16FNO3S/c1-8(7-14)6-13-17(15,16)10-4-3-9(2)11(12)5-10/h3-5,8,13-14H,6-7H2,1-2H3. The van der Waals surface area contributed by atoms with Crippen LogP contribution < -0.4 is 4.72 Å². The van der Waals surface area contributed by atoms with E-state index >= 15 is 0 Å². The molecule has 1 rings (SSSR count). The van der Waals surface area contributed by atoms with Crippen molar-refractivity contribution in [2.45, 2.75) is 18.7 Å². The lowest BCUT2D eigenvalue weighted by Crippen LogP contribution is -2.29. The van der Waals surface area contributed by atoms with Gasteiger partial charge in [-0.2, -0.15) is 0 Å². The number of hydrogen-bond donors (Lipinski definition) is 2. The Morgan fingerprint density at radius 2 is 2.12 bits per heavy atom. The predicted molar refractivity (Wildman–Crippen MR) is 62.6 cm³/mol. The largest absolute Gasteiger partial charge is 0.396 e. The number of benzene rings is 1. The van der Waals surface area contributed by atoms with E-state index in [1.165, 1.54) is 12.1 Å². The second-order valence-electron chi connectivity index (χ2n) is 4.05. The van der Waals surface area contributed by atoms with Crippen molar-refractivity contribution in [3.05, 3.63) is 29.6 Å². The molecule has 1 unspecified atom stereocenters. The summed E-state index contributed by atoms with van der Waals surface area (Å²) < 4.78 is 39.1. The van der Waals surface area contributed by atoms with Crippen LogP contribution in [0.4, 0.5) is 4.39 Å². The molecule has 0 bridgehead atoms. The zero-order chi connectivity index (χ0) is 13.1. The van der Waals surface area contributed by atoms with Gasteiger partial charge in [-0.15, -0.1) is 0 Å². The Hall–Kier alpha value is -0.980. The second-order valence-corrected chi connectivity index (χ2v) is 5.82. The van der Waals surface area contributed by atoms with Gasteiger partial charge in [-0.05, 0) is 30.5 Å². The van der Waals surface area contributed by atoms with Crippen LogP contribution >= 0.6 is 0 Å². The summed E-state index contributed by atoms with van der Waals surface area (Å²) in [5.41, 5.74) is 0.396. The lowest BCUT2D eigenvalue weighted by molar-refractivity contribution is 0.238. The molecule has 1 atom stereocenters. The Bertz CT molecular complexity index is 487. The Balaban J connectivity index is 2.86. The SMILES string of the molecule is Cc1ccc(S(=O)(=O)NCC(C)CO)cc1F. The van der Waals surface area contributed by atoms with E-state index in [1.807, 2.05) is 0 Å². The molecule has 96 valence electrons. The molecule has 0 heterocycles. The molecule has 0 saturated heterocycles. The molecule has 0 aliphatic rings. The molecule has 17 heavy (non-hydrogen) atoms. The molecule has 0 radical (unpaired) electrons. The number of nitrogens with one attached hydrogen (secondary N) is 1. The first-order valence-electron chi connectivity index (χ1n) is 5.23. The molecule has 0 spiro atoms. The minimum Gasteiger partial charge on any atom is -0.396 e. The van der Waals surface area contributed by atoms with E-state index in [0.717, 1.165) is 6.07 Å². The van der Waals surface area contributed by atoms with Crippen molar-refractivity contribution in [3.8, 4) is 0 Å². The third kappa shape index (κ3) is 3.76. The molecule has 6 heteroatoms. The van der Waals surface area contributed by atoms with Gasteiger partial charge in [0.15, 0.2) is 0 Å². The van der Waals surface area contributed by atoms with E-state index in [-0.39, 0.29) is 24.0 Å². The first kappa shape index (κ1) is 14.1. The highest BCUT2D eigenvalue weighted by Gasteiger charge is 2.16. The average molecular weight is 261 g/mol. The zero-order valence-corrected chi connectivity index (χ0v) is 10.6. The lowest BCUT2D eigenvalue weighted by atomic mass is 10.2. The van der Waals surface area contributed by atoms with Crippen molar-refractivity contribution in [3.63, 3.8) is 0 Å². The Kier molecular flexibility index (Phi) is 4.62. The Labute approximate surface area is 101 Å². The number of aryl methyl sites for hydroxylation is 1. The van der Waals surface area contributed by atoms with Gasteiger partial charge in [0, 0.05) is 13.2 Å². The van der Waals surface area contributed by atoms with Crippen LogP contribution in [-0.2, 0) is 10.0 Å². The summed E-state index contributed by atoms with van der Waals surface area (Å²) in [6.07, 6.45) is 0. The van der Waals surface area contributed by atoms with Gasteiger partial charge in [-0.3, -0.25) is 0 Å². The fraction of sp³-hybridized carbons (Fsp3) is 0.455. The van der Waals surface area contributed by atoms with Crippen molar-refractivity contribution >= 4 is 10.0 Å². The predicted octanol–water partition coefficient (Wildman–Crippen LogP) is 1.04. The van der Waals surface area contributed by atoms with E-state index in [1.54, 1.807) is 13.8 Å². The van der Waals surface area contributed by atoms with Crippen LogP contribution in [0.5, 0.6) is 0 Å². The van der Waals surface area contributed by atoms with Gasteiger partial charge >= 0.3 is 0 Å². The van der Waals surface area contributed by atoms with Crippen molar-refractivity contribution in [2.24, 2.45) is 5.92 Å². The third-order valence-electron chi connectivity index (χ3n) is 2.39. The highest BCUT2D eigenvalue weighted by molar-refractivity contribution is 7.89. The van der Waals surface area contributed by atoms with Crippen LogP contribution in [-0.4, -0.2) is 26.7 Å². The molecule has 0 saturated carbocycles. The van der Waals surface area contributed by atoms with Crippen LogP contribution in [0.1, 0.15) is 12.5 Å². The maximum Gasteiger partial charge on any atom is 0.240 e. The summed E-state index contributed by atoms with van der Waals surface area (Å²) in [5, 5.41) is 8.79. The van der Waals surface area contributed by atoms with E-state index in [0.29, 0.717) is 5.56 Å². The number of rotatable bonds is 5. The number of sulfonamides is 1. The number of halogens is 1. The van der Waals surface area contributed by atoms with E-state index in [4.69, 9.17) is 5.11 Å². The Morgan fingerprint density at radius 3 is 2.65 bits per heavy atom. The van der Waals surface area contributed by atoms with Gasteiger partial charge in [0.2, 0.25) is 10.0 Å². The molecular weight excluding hydrogens is 245 g/mol. The molecule has 0 amide bonds. The molecule has 1 aromatic rings.